The minimum absolute atomic E-state index is 0.222. The number of benzene rings is 2. The average Bonchev–Trinajstić information content (AvgIpc) is 3.00. The number of hydrogen-bond donors (Lipinski definition) is 2. The van der Waals surface area contributed by atoms with Crippen molar-refractivity contribution in [2.45, 2.75) is 40.3 Å². The molecular formula is C28H34N2O3. The Morgan fingerprint density at radius 1 is 0.970 bits per heavy atom. The minimum atomic E-state index is -1.63. The molecule has 0 saturated carbocycles. The van der Waals surface area contributed by atoms with Crippen LogP contribution in [0.25, 0.3) is 0 Å². The number of nitrogens with one attached hydrogen (secondary N) is 1. The van der Waals surface area contributed by atoms with Gasteiger partial charge in [-0.3, -0.25) is 9.59 Å². The maximum atomic E-state index is 13.4. The predicted molar refractivity (Wildman–Crippen MR) is 131 cm³/mol. The fraction of sp³-hybridized carbons (Fsp3) is 0.357. The molecule has 0 spiro atoms. The van der Waals surface area contributed by atoms with Gasteiger partial charge in [-0.15, -0.1) is 0 Å². The van der Waals surface area contributed by atoms with Crippen LogP contribution in [0.5, 0.6) is 0 Å². The van der Waals surface area contributed by atoms with E-state index in [4.69, 9.17) is 0 Å². The third kappa shape index (κ3) is 5.09. The van der Waals surface area contributed by atoms with Gasteiger partial charge in [0.2, 0.25) is 0 Å². The van der Waals surface area contributed by atoms with Gasteiger partial charge >= 0.3 is 0 Å². The van der Waals surface area contributed by atoms with E-state index in [9.17, 15) is 14.7 Å². The van der Waals surface area contributed by atoms with Gasteiger partial charge in [-0.05, 0) is 24.8 Å². The highest BCUT2D eigenvalue weighted by Crippen LogP contribution is 2.47. The van der Waals surface area contributed by atoms with E-state index in [0.29, 0.717) is 41.1 Å². The van der Waals surface area contributed by atoms with Gasteiger partial charge in [0.1, 0.15) is 0 Å². The highest BCUT2D eigenvalue weighted by molar-refractivity contribution is 6.08. The molecule has 1 atom stereocenters. The van der Waals surface area contributed by atoms with Crippen LogP contribution in [0.2, 0.25) is 0 Å². The van der Waals surface area contributed by atoms with Crippen LogP contribution in [0.15, 0.2) is 83.6 Å². The molecule has 2 aromatic rings. The summed E-state index contributed by atoms with van der Waals surface area (Å²) in [6.07, 6.45) is 1.43. The van der Waals surface area contributed by atoms with Crippen LogP contribution in [0.1, 0.15) is 50.5 Å². The lowest BCUT2D eigenvalue weighted by Crippen LogP contribution is -2.44. The summed E-state index contributed by atoms with van der Waals surface area (Å²) >= 11 is 0. The highest BCUT2D eigenvalue weighted by atomic mass is 16.3. The SMILES string of the molecule is CC1=C(C(=O)NCC(C)C)/C(=C\C(=O)c2ccccc2)C(O)(c2ccccc2)N1CC(C)C. The first-order valence-electron chi connectivity index (χ1n) is 11.5. The van der Waals surface area contributed by atoms with Gasteiger partial charge < -0.3 is 15.3 Å². The molecule has 1 aliphatic rings. The Bertz CT molecular complexity index is 1060. The zero-order valence-corrected chi connectivity index (χ0v) is 20.1. The molecule has 2 aromatic carbocycles. The van der Waals surface area contributed by atoms with Crippen LogP contribution in [0, 0.1) is 11.8 Å². The van der Waals surface area contributed by atoms with Gasteiger partial charge in [-0.1, -0.05) is 88.4 Å². The van der Waals surface area contributed by atoms with Gasteiger partial charge in [-0.2, -0.15) is 0 Å². The number of hydrogen-bond acceptors (Lipinski definition) is 4. The van der Waals surface area contributed by atoms with Crippen LogP contribution in [0.4, 0.5) is 0 Å². The predicted octanol–water partition coefficient (Wildman–Crippen LogP) is 4.66. The third-order valence-corrected chi connectivity index (χ3v) is 5.76. The van der Waals surface area contributed by atoms with Crippen molar-refractivity contribution in [1.82, 2.24) is 10.2 Å². The van der Waals surface area contributed by atoms with Crippen LogP contribution in [-0.4, -0.2) is 34.8 Å². The number of nitrogens with zero attached hydrogens (tertiary/aromatic N) is 1. The maximum Gasteiger partial charge on any atom is 0.253 e. The van der Waals surface area contributed by atoms with Crippen LogP contribution >= 0.6 is 0 Å². The summed E-state index contributed by atoms with van der Waals surface area (Å²) in [6.45, 7) is 11.0. The Kier molecular flexibility index (Phi) is 7.54. The summed E-state index contributed by atoms with van der Waals surface area (Å²) in [7, 11) is 0. The summed E-state index contributed by atoms with van der Waals surface area (Å²) in [5.74, 6) is -0.0454. The molecular weight excluding hydrogens is 412 g/mol. The lowest BCUT2D eigenvalue weighted by molar-refractivity contribution is -0.117. The van der Waals surface area contributed by atoms with E-state index in [-0.39, 0.29) is 23.5 Å². The molecule has 0 fully saturated rings. The van der Waals surface area contributed by atoms with Crippen molar-refractivity contribution in [1.29, 1.82) is 0 Å². The minimum Gasteiger partial charge on any atom is -0.363 e. The molecule has 1 aliphatic heterocycles. The van der Waals surface area contributed by atoms with Crippen molar-refractivity contribution < 1.29 is 14.7 Å². The van der Waals surface area contributed by atoms with Gasteiger partial charge in [0.25, 0.3) is 5.91 Å². The molecule has 1 heterocycles. The van der Waals surface area contributed by atoms with Gasteiger partial charge in [-0.25, -0.2) is 0 Å². The fourth-order valence-corrected chi connectivity index (χ4v) is 4.17. The number of amides is 1. The molecule has 0 bridgehead atoms. The Hall–Kier alpha value is -3.18. The largest absolute Gasteiger partial charge is 0.363 e. The van der Waals surface area contributed by atoms with E-state index in [1.807, 2.05) is 62.1 Å². The monoisotopic (exact) mass is 446 g/mol. The first-order valence-corrected chi connectivity index (χ1v) is 11.5. The molecule has 5 heteroatoms. The summed E-state index contributed by atoms with van der Waals surface area (Å²) in [4.78, 5) is 28.5. The molecule has 1 amide bonds. The second-order valence-corrected chi connectivity index (χ2v) is 9.40. The summed E-state index contributed by atoms with van der Waals surface area (Å²) in [5, 5.41) is 15.3. The maximum absolute atomic E-state index is 13.4. The molecule has 0 saturated heterocycles. The van der Waals surface area contributed by atoms with Crippen molar-refractivity contribution in [3.05, 3.63) is 94.7 Å². The number of allylic oxidation sites excluding steroid dienone is 2. The van der Waals surface area contributed by atoms with Crippen LogP contribution in [0.3, 0.4) is 0 Å². The molecule has 33 heavy (non-hydrogen) atoms. The molecule has 0 aliphatic carbocycles. The molecule has 0 aromatic heterocycles. The Morgan fingerprint density at radius 3 is 2.09 bits per heavy atom. The van der Waals surface area contributed by atoms with Crippen molar-refractivity contribution in [2.75, 3.05) is 13.1 Å². The van der Waals surface area contributed by atoms with E-state index < -0.39 is 5.72 Å². The van der Waals surface area contributed by atoms with Crippen LogP contribution in [-0.2, 0) is 10.5 Å². The Balaban J connectivity index is 2.21. The van der Waals surface area contributed by atoms with Gasteiger partial charge in [0, 0.05) is 35.5 Å². The van der Waals surface area contributed by atoms with Crippen LogP contribution < -0.4 is 5.32 Å². The van der Waals surface area contributed by atoms with Crippen molar-refractivity contribution >= 4 is 11.7 Å². The number of aliphatic hydroxyl groups is 1. The second-order valence-electron chi connectivity index (χ2n) is 9.40. The Labute approximate surface area is 196 Å². The number of ketones is 1. The highest BCUT2D eigenvalue weighted by Gasteiger charge is 2.50. The zero-order chi connectivity index (χ0) is 24.2. The molecule has 0 radical (unpaired) electrons. The van der Waals surface area contributed by atoms with Crippen molar-refractivity contribution in [3.63, 3.8) is 0 Å². The molecule has 174 valence electrons. The number of carbonyl (C=O) groups is 2. The molecule has 1 unspecified atom stereocenters. The van der Waals surface area contributed by atoms with E-state index in [1.54, 1.807) is 24.3 Å². The number of carbonyl (C=O) groups excluding carboxylic acids is 2. The van der Waals surface area contributed by atoms with Gasteiger partial charge in [0.05, 0.1) is 5.57 Å². The van der Waals surface area contributed by atoms with E-state index in [2.05, 4.69) is 19.2 Å². The summed E-state index contributed by atoms with van der Waals surface area (Å²) in [5.41, 5.74) is 0.799. The topological polar surface area (TPSA) is 69.6 Å². The summed E-state index contributed by atoms with van der Waals surface area (Å²) in [6, 6.07) is 18.1. The fourth-order valence-electron chi connectivity index (χ4n) is 4.17. The normalized spacial score (nSPS) is 19.6. The lowest BCUT2D eigenvalue weighted by atomic mass is 9.89. The molecule has 5 nitrogen and oxygen atoms in total. The zero-order valence-electron chi connectivity index (χ0n) is 20.1. The first-order chi connectivity index (χ1) is 15.7. The van der Waals surface area contributed by atoms with Crippen molar-refractivity contribution in [2.24, 2.45) is 11.8 Å². The lowest BCUT2D eigenvalue weighted by Gasteiger charge is -2.39. The Morgan fingerprint density at radius 2 is 1.55 bits per heavy atom. The van der Waals surface area contributed by atoms with Gasteiger partial charge in [0.15, 0.2) is 11.5 Å². The molecule has 3 rings (SSSR count). The first kappa shape index (κ1) is 24.5. The quantitative estimate of drug-likeness (QED) is 0.457. The molecule has 2 N–H and O–H groups in total. The third-order valence-electron chi connectivity index (χ3n) is 5.76. The smallest absolute Gasteiger partial charge is 0.253 e. The average molecular weight is 447 g/mol. The van der Waals surface area contributed by atoms with E-state index in [0.717, 1.165) is 0 Å². The standard InChI is InChI=1S/C28H34N2O3/c1-19(2)17-29-27(32)26-21(5)30(18-20(3)4)28(33,23-14-10-7-11-15-23)24(26)16-25(31)22-12-8-6-9-13-22/h6-16,19-20,33H,17-18H2,1-5H3,(H,29,32)/b24-16+. The van der Waals surface area contributed by atoms with E-state index in [1.165, 1.54) is 6.08 Å². The summed E-state index contributed by atoms with van der Waals surface area (Å²) < 4.78 is 0. The second kappa shape index (κ2) is 10.2. The number of rotatable bonds is 8. The van der Waals surface area contributed by atoms with Crippen molar-refractivity contribution in [3.8, 4) is 0 Å². The van der Waals surface area contributed by atoms with E-state index >= 15 is 0 Å².